The molecule has 10 atom stereocenters. The molecular weight excluding hydrogens is 448 g/mol. The van der Waals surface area contributed by atoms with Crippen LogP contribution >= 0.6 is 0 Å². The molecule has 0 amide bonds. The molecule has 0 aromatic heterocycles. The minimum absolute atomic E-state index is 0.0633. The predicted molar refractivity (Wildman–Crippen MR) is 129 cm³/mol. The number of fused-ring (bicyclic) bond motifs is 5. The van der Waals surface area contributed by atoms with E-state index in [1.807, 2.05) is 0 Å². The van der Waals surface area contributed by atoms with Crippen LogP contribution in [0.2, 0.25) is 0 Å². The molecular formula is C28H44O7. The molecule has 4 rings (SSSR count). The van der Waals surface area contributed by atoms with Crippen molar-refractivity contribution in [1.29, 1.82) is 0 Å². The average molecular weight is 493 g/mol. The van der Waals surface area contributed by atoms with Crippen LogP contribution in [0.25, 0.3) is 0 Å². The van der Waals surface area contributed by atoms with Crippen LogP contribution in [0.15, 0.2) is 0 Å². The van der Waals surface area contributed by atoms with Crippen LogP contribution in [0, 0.1) is 40.4 Å². The standard InChI is InChI=1S/C28H44O7/c1-16(13-24(31)33-6)20-7-8-21-25-22(10-11-26(20,21)4)27(5)12-9-19(34-17(2)29)14-28(27,32)15-23(25)35-18(3)30/h16,19-23,25,32H,7-15H2,1-6H3/t16-,19-,20-,21+,22+,23-,25+,26-,27-,28-/m1/s1. The zero-order valence-corrected chi connectivity index (χ0v) is 22.3. The molecule has 35 heavy (non-hydrogen) atoms. The van der Waals surface area contributed by atoms with Gasteiger partial charge in [0.2, 0.25) is 0 Å². The van der Waals surface area contributed by atoms with E-state index in [1.165, 1.54) is 21.0 Å². The van der Waals surface area contributed by atoms with Gasteiger partial charge >= 0.3 is 17.9 Å². The van der Waals surface area contributed by atoms with Crippen molar-refractivity contribution in [1.82, 2.24) is 0 Å². The molecule has 0 saturated heterocycles. The van der Waals surface area contributed by atoms with Gasteiger partial charge in [0.05, 0.1) is 12.7 Å². The second-order valence-electron chi connectivity index (χ2n) is 12.6. The molecule has 0 radical (unpaired) electrons. The van der Waals surface area contributed by atoms with E-state index in [0.717, 1.165) is 38.5 Å². The lowest BCUT2D eigenvalue weighted by Crippen LogP contribution is -2.67. The highest BCUT2D eigenvalue weighted by Crippen LogP contribution is 2.69. The van der Waals surface area contributed by atoms with Crippen molar-refractivity contribution in [3.63, 3.8) is 0 Å². The summed E-state index contributed by atoms with van der Waals surface area (Å²) in [4.78, 5) is 35.9. The minimum atomic E-state index is -1.05. The van der Waals surface area contributed by atoms with Crippen LogP contribution in [0.3, 0.4) is 0 Å². The van der Waals surface area contributed by atoms with Gasteiger partial charge in [0.1, 0.15) is 12.2 Å². The summed E-state index contributed by atoms with van der Waals surface area (Å²) in [7, 11) is 1.45. The number of methoxy groups -OCH3 is 1. The maximum absolute atomic E-state index is 12.2. The van der Waals surface area contributed by atoms with Crippen molar-refractivity contribution < 1.29 is 33.7 Å². The molecule has 0 heterocycles. The molecule has 0 aliphatic heterocycles. The summed E-state index contributed by atoms with van der Waals surface area (Å²) >= 11 is 0. The van der Waals surface area contributed by atoms with Crippen LogP contribution in [0.5, 0.6) is 0 Å². The summed E-state index contributed by atoms with van der Waals surface area (Å²) in [5.41, 5.74) is -1.30. The first-order valence-electron chi connectivity index (χ1n) is 13.5. The third-order valence-electron chi connectivity index (χ3n) is 10.9. The van der Waals surface area contributed by atoms with Crippen molar-refractivity contribution in [2.45, 2.75) is 110 Å². The van der Waals surface area contributed by atoms with Crippen LogP contribution < -0.4 is 0 Å². The Morgan fingerprint density at radius 3 is 2.26 bits per heavy atom. The number of carbonyl (C=O) groups is 3. The van der Waals surface area contributed by atoms with E-state index in [0.29, 0.717) is 31.1 Å². The molecule has 4 fully saturated rings. The van der Waals surface area contributed by atoms with Gasteiger partial charge in [-0.2, -0.15) is 0 Å². The molecule has 0 spiro atoms. The molecule has 7 nitrogen and oxygen atoms in total. The summed E-state index contributed by atoms with van der Waals surface area (Å²) in [5, 5.41) is 12.1. The maximum Gasteiger partial charge on any atom is 0.305 e. The molecule has 7 heteroatoms. The van der Waals surface area contributed by atoms with E-state index >= 15 is 0 Å². The Morgan fingerprint density at radius 1 is 0.943 bits per heavy atom. The quantitative estimate of drug-likeness (QED) is 0.448. The number of hydrogen-bond acceptors (Lipinski definition) is 7. The number of esters is 3. The third kappa shape index (κ3) is 4.40. The maximum atomic E-state index is 12.2. The summed E-state index contributed by atoms with van der Waals surface area (Å²) in [5.74, 6) is 0.655. The Balaban J connectivity index is 1.65. The van der Waals surface area contributed by atoms with Crippen molar-refractivity contribution >= 4 is 17.9 Å². The summed E-state index contributed by atoms with van der Waals surface area (Å²) in [6, 6.07) is 0. The first-order chi connectivity index (χ1) is 16.3. The number of hydrogen-bond donors (Lipinski definition) is 1. The molecule has 0 unspecified atom stereocenters. The van der Waals surface area contributed by atoms with Gasteiger partial charge in [-0.1, -0.05) is 20.8 Å². The smallest absolute Gasteiger partial charge is 0.305 e. The van der Waals surface area contributed by atoms with Gasteiger partial charge in [0, 0.05) is 39.0 Å². The fourth-order valence-corrected chi connectivity index (χ4v) is 9.31. The Hall–Kier alpha value is -1.63. The number of rotatable bonds is 5. The summed E-state index contributed by atoms with van der Waals surface area (Å²) in [6.07, 6.45) is 6.22. The van der Waals surface area contributed by atoms with Gasteiger partial charge in [-0.3, -0.25) is 14.4 Å². The zero-order chi connectivity index (χ0) is 25.8. The first kappa shape index (κ1) is 26.4. The molecule has 4 aliphatic carbocycles. The normalized spacial score (nSPS) is 45.3. The van der Waals surface area contributed by atoms with Crippen molar-refractivity contribution in [3.8, 4) is 0 Å². The molecule has 0 aromatic carbocycles. The fraction of sp³-hybridized carbons (Fsp3) is 0.893. The lowest BCUT2D eigenvalue weighted by Gasteiger charge is -2.65. The zero-order valence-electron chi connectivity index (χ0n) is 22.3. The molecule has 198 valence electrons. The van der Waals surface area contributed by atoms with Crippen LogP contribution in [0.4, 0.5) is 0 Å². The second-order valence-corrected chi connectivity index (χ2v) is 12.6. The number of carbonyl (C=O) groups excluding carboxylic acids is 3. The molecule has 4 aliphatic rings. The molecule has 1 N–H and O–H groups in total. The van der Waals surface area contributed by atoms with E-state index in [2.05, 4.69) is 20.8 Å². The van der Waals surface area contributed by atoms with E-state index in [1.54, 1.807) is 0 Å². The number of ether oxygens (including phenoxy) is 3. The van der Waals surface area contributed by atoms with Gasteiger partial charge < -0.3 is 19.3 Å². The van der Waals surface area contributed by atoms with E-state index < -0.39 is 5.60 Å². The van der Waals surface area contributed by atoms with E-state index in [-0.39, 0.29) is 58.7 Å². The Morgan fingerprint density at radius 2 is 1.63 bits per heavy atom. The van der Waals surface area contributed by atoms with Crippen LogP contribution in [-0.4, -0.2) is 47.9 Å². The predicted octanol–water partition coefficient (Wildman–Crippen LogP) is 4.43. The lowest BCUT2D eigenvalue weighted by molar-refractivity contribution is -0.255. The Bertz CT molecular complexity index is 856. The number of aliphatic hydroxyl groups is 1. The molecule has 4 saturated carbocycles. The highest BCUT2D eigenvalue weighted by Gasteiger charge is 2.68. The highest BCUT2D eigenvalue weighted by atomic mass is 16.5. The second kappa shape index (κ2) is 9.35. The van der Waals surface area contributed by atoms with Gasteiger partial charge in [-0.25, -0.2) is 0 Å². The topological polar surface area (TPSA) is 99.1 Å². The van der Waals surface area contributed by atoms with Crippen molar-refractivity contribution in [3.05, 3.63) is 0 Å². The van der Waals surface area contributed by atoms with Gasteiger partial charge in [0.15, 0.2) is 0 Å². The Labute approximate surface area is 209 Å². The largest absolute Gasteiger partial charge is 0.469 e. The van der Waals surface area contributed by atoms with Gasteiger partial charge in [0.25, 0.3) is 0 Å². The lowest BCUT2D eigenvalue weighted by atomic mass is 9.42. The minimum Gasteiger partial charge on any atom is -0.469 e. The first-order valence-corrected chi connectivity index (χ1v) is 13.5. The monoisotopic (exact) mass is 492 g/mol. The van der Waals surface area contributed by atoms with Crippen LogP contribution in [-0.2, 0) is 28.6 Å². The van der Waals surface area contributed by atoms with E-state index in [4.69, 9.17) is 14.2 Å². The molecule has 0 bridgehead atoms. The van der Waals surface area contributed by atoms with Crippen molar-refractivity contribution in [2.75, 3.05) is 7.11 Å². The average Bonchev–Trinajstić information content (AvgIpc) is 3.11. The van der Waals surface area contributed by atoms with Gasteiger partial charge in [-0.05, 0) is 73.0 Å². The highest BCUT2D eigenvalue weighted by molar-refractivity contribution is 5.69. The van der Waals surface area contributed by atoms with E-state index in [9.17, 15) is 19.5 Å². The molecule has 0 aromatic rings. The van der Waals surface area contributed by atoms with Crippen LogP contribution in [0.1, 0.15) is 92.4 Å². The summed E-state index contributed by atoms with van der Waals surface area (Å²) < 4.78 is 16.5. The third-order valence-corrected chi connectivity index (χ3v) is 10.9. The van der Waals surface area contributed by atoms with Gasteiger partial charge in [-0.15, -0.1) is 0 Å². The fourth-order valence-electron chi connectivity index (χ4n) is 9.31. The van der Waals surface area contributed by atoms with Crippen molar-refractivity contribution in [2.24, 2.45) is 40.4 Å². The summed E-state index contributed by atoms with van der Waals surface area (Å²) in [6.45, 7) is 9.63. The SMILES string of the molecule is COC(=O)C[C@@H](C)[C@H]1CC[C@H]2[C@@H]3[C@H](OC(C)=O)C[C@]4(O)C[C@H](OC(C)=O)CC[C@]4(C)[C@H]3CC[C@]12C. The Kier molecular flexibility index (Phi) is 7.06.